The van der Waals surface area contributed by atoms with Gasteiger partial charge in [-0.05, 0) is 42.8 Å². The minimum absolute atomic E-state index is 0.0662. The minimum Gasteiger partial charge on any atom is -0.302 e. The van der Waals surface area contributed by atoms with Crippen molar-refractivity contribution < 1.29 is 16.8 Å². The van der Waals surface area contributed by atoms with E-state index in [9.17, 15) is 21.6 Å². The van der Waals surface area contributed by atoms with Gasteiger partial charge in [0.25, 0.3) is 0 Å². The molecule has 0 aliphatic carbocycles. The van der Waals surface area contributed by atoms with E-state index in [1.54, 1.807) is 32.2 Å². The maximum absolute atomic E-state index is 12.7. The summed E-state index contributed by atoms with van der Waals surface area (Å²) in [6.45, 7) is 1.67. The highest BCUT2D eigenvalue weighted by molar-refractivity contribution is 7.90. The highest BCUT2D eigenvalue weighted by Gasteiger charge is 2.20. The van der Waals surface area contributed by atoms with Crippen LogP contribution in [0.3, 0.4) is 0 Å². The summed E-state index contributed by atoms with van der Waals surface area (Å²) in [6.07, 6.45) is 1.11. The van der Waals surface area contributed by atoms with E-state index in [0.29, 0.717) is 15.8 Å². The van der Waals surface area contributed by atoms with Crippen molar-refractivity contribution in [3.8, 4) is 0 Å². The Morgan fingerprint density at radius 1 is 1.00 bits per heavy atom. The summed E-state index contributed by atoms with van der Waals surface area (Å²) < 4.78 is 53.1. The molecule has 27 heavy (non-hydrogen) atoms. The van der Waals surface area contributed by atoms with Crippen LogP contribution < -0.4 is 9.60 Å². The third kappa shape index (κ3) is 3.98. The molecule has 1 aromatic heterocycles. The van der Waals surface area contributed by atoms with Gasteiger partial charge in [-0.3, -0.25) is 4.79 Å². The van der Waals surface area contributed by atoms with Crippen LogP contribution in [0.4, 0.5) is 0 Å². The molecule has 0 fully saturated rings. The van der Waals surface area contributed by atoms with E-state index in [2.05, 4.69) is 4.72 Å². The largest absolute Gasteiger partial charge is 0.307 e. The zero-order chi connectivity index (χ0) is 20.0. The number of rotatable bonds is 5. The second-order valence-electron chi connectivity index (χ2n) is 6.24. The van der Waals surface area contributed by atoms with Crippen molar-refractivity contribution in [3.05, 3.63) is 57.7 Å². The molecule has 7 nitrogen and oxygen atoms in total. The number of sulfone groups is 1. The first-order valence-corrected chi connectivity index (χ1v) is 12.1. The maximum atomic E-state index is 12.7. The van der Waals surface area contributed by atoms with Crippen LogP contribution in [0.1, 0.15) is 18.5 Å². The minimum atomic E-state index is -3.81. The molecule has 0 radical (unpaired) electrons. The predicted molar refractivity (Wildman–Crippen MR) is 105 cm³/mol. The van der Waals surface area contributed by atoms with Crippen LogP contribution in [0.2, 0.25) is 0 Å². The number of benzene rings is 2. The summed E-state index contributed by atoms with van der Waals surface area (Å²) >= 11 is 0.986. The molecule has 0 aliphatic rings. The van der Waals surface area contributed by atoms with Gasteiger partial charge in [-0.25, -0.2) is 21.6 Å². The zero-order valence-electron chi connectivity index (χ0n) is 14.8. The highest BCUT2D eigenvalue weighted by Crippen LogP contribution is 2.23. The molecule has 2 aromatic carbocycles. The smallest absolute Gasteiger partial charge is 0.302 e. The molecule has 144 valence electrons. The highest BCUT2D eigenvalue weighted by atomic mass is 32.2. The van der Waals surface area contributed by atoms with Gasteiger partial charge < -0.3 is 4.57 Å². The third-order valence-corrected chi connectivity index (χ3v) is 7.88. The average molecular weight is 427 g/mol. The molecular formula is C17H18N2O5S3. The molecule has 0 bridgehead atoms. The predicted octanol–water partition coefficient (Wildman–Crippen LogP) is 2.04. The molecule has 0 saturated heterocycles. The van der Waals surface area contributed by atoms with Crippen molar-refractivity contribution in [1.29, 1.82) is 0 Å². The molecule has 0 saturated carbocycles. The van der Waals surface area contributed by atoms with Crippen LogP contribution in [0.25, 0.3) is 10.2 Å². The summed E-state index contributed by atoms with van der Waals surface area (Å²) in [7, 11) is -5.49. The van der Waals surface area contributed by atoms with Crippen LogP contribution in [0.5, 0.6) is 0 Å². The standard InChI is InChI=1S/C17H18N2O5S3/c1-11(12-4-6-13(7-5-12)26(3,21)22)18-27(23,24)14-8-9-15-16(10-14)25-17(20)19(15)2/h4-11,18H,1-3H3. The van der Waals surface area contributed by atoms with Crippen molar-refractivity contribution >= 4 is 41.4 Å². The van der Waals surface area contributed by atoms with Crippen molar-refractivity contribution in [2.45, 2.75) is 22.8 Å². The number of nitrogens with one attached hydrogen (secondary N) is 1. The van der Waals surface area contributed by atoms with Gasteiger partial charge in [-0.1, -0.05) is 23.5 Å². The normalized spacial score (nSPS) is 13.7. The second kappa shape index (κ2) is 6.86. The Kier molecular flexibility index (Phi) is 5.02. The van der Waals surface area contributed by atoms with Crippen molar-refractivity contribution in [3.63, 3.8) is 0 Å². The number of nitrogens with zero attached hydrogens (tertiary/aromatic N) is 1. The van der Waals surface area contributed by atoms with Crippen LogP contribution in [-0.4, -0.2) is 27.7 Å². The Bertz CT molecular complexity index is 1270. The molecule has 1 N–H and O–H groups in total. The van der Waals surface area contributed by atoms with Gasteiger partial charge in [-0.2, -0.15) is 0 Å². The number of hydrogen-bond donors (Lipinski definition) is 1. The SMILES string of the molecule is CC(NS(=O)(=O)c1ccc2c(c1)sc(=O)n2C)c1ccc(S(C)(=O)=O)cc1. The molecule has 1 heterocycles. The molecule has 0 spiro atoms. The van der Waals surface area contributed by atoms with Gasteiger partial charge in [0.15, 0.2) is 9.84 Å². The molecule has 1 unspecified atom stereocenters. The van der Waals surface area contributed by atoms with E-state index in [1.807, 2.05) is 0 Å². The molecule has 10 heteroatoms. The molecule has 0 aliphatic heterocycles. The monoisotopic (exact) mass is 426 g/mol. The van der Waals surface area contributed by atoms with E-state index in [-0.39, 0.29) is 14.7 Å². The summed E-state index contributed by atoms with van der Waals surface area (Å²) in [4.78, 5) is 11.8. The Hall–Kier alpha value is -2.01. The van der Waals surface area contributed by atoms with Gasteiger partial charge >= 0.3 is 4.87 Å². The topological polar surface area (TPSA) is 102 Å². The first-order chi connectivity index (χ1) is 12.5. The van der Waals surface area contributed by atoms with Crippen molar-refractivity contribution in [2.75, 3.05) is 6.26 Å². The van der Waals surface area contributed by atoms with Gasteiger partial charge in [0, 0.05) is 19.3 Å². The number of thiazole rings is 1. The number of aryl methyl sites for hydroxylation is 1. The molecule has 3 aromatic rings. The van der Waals surface area contributed by atoms with Crippen molar-refractivity contribution in [2.24, 2.45) is 7.05 Å². The van der Waals surface area contributed by atoms with Gasteiger partial charge in [-0.15, -0.1) is 0 Å². The fourth-order valence-electron chi connectivity index (χ4n) is 2.65. The first kappa shape index (κ1) is 19.7. The van der Waals surface area contributed by atoms with E-state index in [4.69, 9.17) is 0 Å². The number of sulfonamides is 1. The van der Waals surface area contributed by atoms with Crippen LogP contribution in [-0.2, 0) is 26.9 Å². The zero-order valence-corrected chi connectivity index (χ0v) is 17.3. The quantitative estimate of drug-likeness (QED) is 0.673. The number of hydrogen-bond acceptors (Lipinski definition) is 6. The number of fused-ring (bicyclic) bond motifs is 1. The molecule has 1 atom stereocenters. The lowest BCUT2D eigenvalue weighted by Gasteiger charge is -2.15. The van der Waals surface area contributed by atoms with Gasteiger partial charge in [0.1, 0.15) is 0 Å². The third-order valence-electron chi connectivity index (χ3n) is 4.21. The summed E-state index contributed by atoms with van der Waals surface area (Å²) in [5.41, 5.74) is 1.31. The Morgan fingerprint density at radius 3 is 2.19 bits per heavy atom. The fraction of sp³-hybridized carbons (Fsp3) is 0.235. The summed E-state index contributed by atoms with van der Waals surface area (Å²) in [5.74, 6) is 0. The van der Waals surface area contributed by atoms with Crippen LogP contribution in [0.15, 0.2) is 57.1 Å². The van der Waals surface area contributed by atoms with E-state index in [1.165, 1.54) is 28.8 Å². The maximum Gasteiger partial charge on any atom is 0.307 e. The van der Waals surface area contributed by atoms with Crippen LogP contribution >= 0.6 is 11.3 Å². The lowest BCUT2D eigenvalue weighted by atomic mass is 10.1. The van der Waals surface area contributed by atoms with Crippen molar-refractivity contribution in [1.82, 2.24) is 9.29 Å². The second-order valence-corrected chi connectivity index (χ2v) is 11.0. The fourth-order valence-corrected chi connectivity index (χ4v) is 5.54. The first-order valence-electron chi connectivity index (χ1n) is 7.91. The Morgan fingerprint density at radius 2 is 1.59 bits per heavy atom. The lowest BCUT2D eigenvalue weighted by molar-refractivity contribution is 0.566. The van der Waals surface area contributed by atoms with E-state index >= 15 is 0 Å². The van der Waals surface area contributed by atoms with Crippen LogP contribution in [0, 0.1) is 0 Å². The summed E-state index contributed by atoms with van der Waals surface area (Å²) in [5, 5.41) is 0. The summed E-state index contributed by atoms with van der Waals surface area (Å²) in [6, 6.07) is 10.0. The lowest BCUT2D eigenvalue weighted by Crippen LogP contribution is -2.26. The molecule has 0 amide bonds. The van der Waals surface area contributed by atoms with Gasteiger partial charge in [0.05, 0.1) is 20.0 Å². The Labute approximate surface area is 161 Å². The molecular weight excluding hydrogens is 408 g/mol. The number of aromatic nitrogens is 1. The Balaban J connectivity index is 1.88. The van der Waals surface area contributed by atoms with Gasteiger partial charge in [0.2, 0.25) is 10.0 Å². The van der Waals surface area contributed by atoms with E-state index < -0.39 is 25.9 Å². The molecule has 3 rings (SSSR count). The van der Waals surface area contributed by atoms with E-state index in [0.717, 1.165) is 17.6 Å². The average Bonchev–Trinajstić information content (AvgIpc) is 2.88.